The van der Waals surface area contributed by atoms with E-state index in [1.54, 1.807) is 13.0 Å². The third-order valence-electron chi connectivity index (χ3n) is 4.96. The Labute approximate surface area is 151 Å². The zero-order valence-corrected chi connectivity index (χ0v) is 15.2. The Hall–Kier alpha value is -2.35. The van der Waals surface area contributed by atoms with Crippen molar-refractivity contribution in [1.82, 2.24) is 5.32 Å². The summed E-state index contributed by atoms with van der Waals surface area (Å²) in [4.78, 5) is 34.0. The van der Waals surface area contributed by atoms with Crippen molar-refractivity contribution in [2.75, 3.05) is 5.32 Å². The first-order chi connectivity index (χ1) is 11.6. The van der Waals surface area contributed by atoms with E-state index in [2.05, 4.69) is 10.6 Å². The van der Waals surface area contributed by atoms with Gasteiger partial charge in [0.05, 0.1) is 4.92 Å². The van der Waals surface area contributed by atoms with E-state index in [1.165, 1.54) is 18.2 Å². The van der Waals surface area contributed by atoms with Crippen LogP contribution in [0, 0.1) is 27.4 Å². The van der Waals surface area contributed by atoms with Gasteiger partial charge < -0.3 is 10.6 Å². The Kier molecular flexibility index (Phi) is 5.52. The molecule has 8 heteroatoms. The Morgan fingerprint density at radius 2 is 2.08 bits per heavy atom. The van der Waals surface area contributed by atoms with E-state index >= 15 is 0 Å². The molecule has 2 N–H and O–H groups in total. The van der Waals surface area contributed by atoms with E-state index in [1.807, 2.05) is 13.8 Å². The summed E-state index contributed by atoms with van der Waals surface area (Å²) in [6, 6.07) is 5.86. The molecule has 0 saturated heterocycles. The minimum absolute atomic E-state index is 0.000226. The van der Waals surface area contributed by atoms with Gasteiger partial charge in [-0.1, -0.05) is 19.9 Å². The number of hydrogen-bond acceptors (Lipinski definition) is 5. The fourth-order valence-electron chi connectivity index (χ4n) is 3.31. The van der Waals surface area contributed by atoms with Crippen LogP contribution in [-0.4, -0.2) is 21.7 Å². The molecule has 7 nitrogen and oxygen atoms in total. The smallest absolute Gasteiger partial charge is 0.271 e. The molecule has 1 amide bonds. The number of hydrogen-bond donors (Lipinski definition) is 2. The molecule has 0 bridgehead atoms. The fourth-order valence-corrected chi connectivity index (χ4v) is 3.54. The summed E-state index contributed by atoms with van der Waals surface area (Å²) in [5.41, 5.74) is 0.170. The van der Waals surface area contributed by atoms with Crippen LogP contribution < -0.4 is 10.6 Å². The highest BCUT2D eigenvalue weighted by Crippen LogP contribution is 2.53. The molecule has 2 rings (SSSR count). The lowest BCUT2D eigenvalue weighted by Crippen LogP contribution is -2.50. The minimum atomic E-state index is -0.503. The van der Waals surface area contributed by atoms with Crippen LogP contribution in [0.4, 0.5) is 11.4 Å². The normalized spacial score (nSPS) is 20.9. The molecule has 0 heterocycles. The van der Waals surface area contributed by atoms with Gasteiger partial charge >= 0.3 is 0 Å². The molecule has 1 aromatic carbocycles. The minimum Gasteiger partial charge on any atom is -0.332 e. The third-order valence-corrected chi connectivity index (χ3v) is 5.16. The largest absolute Gasteiger partial charge is 0.332 e. The van der Waals surface area contributed by atoms with E-state index in [-0.39, 0.29) is 46.2 Å². The summed E-state index contributed by atoms with van der Waals surface area (Å²) in [5, 5.41) is 16.2. The average molecular weight is 363 g/mol. The molecule has 1 aromatic rings. The number of Topliss-reactive ketones (excluding diaryl/α,β-unsaturated/α-hetero) is 1. The highest BCUT2D eigenvalue weighted by molar-refractivity contribution is 7.80. The monoisotopic (exact) mass is 363 g/mol. The van der Waals surface area contributed by atoms with Crippen molar-refractivity contribution in [2.45, 2.75) is 33.6 Å². The van der Waals surface area contributed by atoms with Gasteiger partial charge in [0.15, 0.2) is 5.11 Å². The summed E-state index contributed by atoms with van der Waals surface area (Å²) >= 11 is 5.08. The van der Waals surface area contributed by atoms with Gasteiger partial charge in [0, 0.05) is 30.2 Å². The predicted molar refractivity (Wildman–Crippen MR) is 98.1 cm³/mol. The molecule has 1 fully saturated rings. The van der Waals surface area contributed by atoms with Crippen molar-refractivity contribution in [3.05, 3.63) is 34.4 Å². The molecule has 25 heavy (non-hydrogen) atoms. The van der Waals surface area contributed by atoms with Crippen LogP contribution >= 0.6 is 12.2 Å². The quantitative estimate of drug-likeness (QED) is 0.474. The van der Waals surface area contributed by atoms with Gasteiger partial charge in [-0.2, -0.15) is 0 Å². The molecular formula is C17H21N3O4S. The standard InChI is InChI=1S/C17H21N3O4S/c1-10(21)14-7-11(17(14,2)3)8-15(22)19-16(25)18-12-5-4-6-13(9-12)20(23)24/h4-6,9,11,14H,7-8H2,1-3H3,(H2,18,19,22,25)/t11-,14-/m0/s1. The van der Waals surface area contributed by atoms with Crippen LogP contribution in [0.25, 0.3) is 0 Å². The first kappa shape index (κ1) is 19.0. The van der Waals surface area contributed by atoms with Gasteiger partial charge in [-0.25, -0.2) is 0 Å². The number of anilines is 1. The topological polar surface area (TPSA) is 101 Å². The van der Waals surface area contributed by atoms with Gasteiger partial charge in [-0.3, -0.25) is 19.7 Å². The molecule has 1 aliphatic rings. The van der Waals surface area contributed by atoms with E-state index < -0.39 is 4.92 Å². The number of rotatable bonds is 5. The predicted octanol–water partition coefficient (Wildman–Crippen LogP) is 3.05. The van der Waals surface area contributed by atoms with E-state index in [0.29, 0.717) is 12.1 Å². The van der Waals surface area contributed by atoms with Crippen LogP contribution in [0.3, 0.4) is 0 Å². The zero-order chi connectivity index (χ0) is 18.8. The second-order valence-electron chi connectivity index (χ2n) is 6.93. The maximum atomic E-state index is 12.2. The number of nitro groups is 1. The summed E-state index contributed by atoms with van der Waals surface area (Å²) in [5.74, 6) is 0.0507. The van der Waals surface area contributed by atoms with Gasteiger partial charge in [0.25, 0.3) is 5.69 Å². The molecule has 134 valence electrons. The van der Waals surface area contributed by atoms with Crippen LogP contribution in [0.15, 0.2) is 24.3 Å². The molecule has 1 saturated carbocycles. The molecule has 0 aliphatic heterocycles. The first-order valence-electron chi connectivity index (χ1n) is 7.97. The van der Waals surface area contributed by atoms with Crippen LogP contribution in [0.2, 0.25) is 0 Å². The second-order valence-corrected chi connectivity index (χ2v) is 7.34. The number of non-ortho nitro benzene ring substituents is 1. The Morgan fingerprint density at radius 1 is 1.40 bits per heavy atom. The number of carbonyl (C=O) groups excluding carboxylic acids is 2. The number of benzene rings is 1. The van der Waals surface area contributed by atoms with E-state index in [9.17, 15) is 19.7 Å². The number of nitrogens with zero attached hydrogens (tertiary/aromatic N) is 1. The molecule has 1 aliphatic carbocycles. The number of nitro benzene ring substituents is 1. The SMILES string of the molecule is CC(=O)[C@@H]1C[C@@H](CC(=O)NC(=S)Nc2cccc([N+](=O)[O-])c2)C1(C)C. The van der Waals surface area contributed by atoms with E-state index in [4.69, 9.17) is 12.2 Å². The van der Waals surface area contributed by atoms with Gasteiger partial charge in [-0.15, -0.1) is 0 Å². The van der Waals surface area contributed by atoms with Crippen molar-refractivity contribution >= 4 is 40.4 Å². The van der Waals surface area contributed by atoms with Crippen molar-refractivity contribution in [1.29, 1.82) is 0 Å². The Balaban J connectivity index is 1.87. The lowest BCUT2D eigenvalue weighted by Gasteiger charge is -2.51. The van der Waals surface area contributed by atoms with E-state index in [0.717, 1.165) is 0 Å². The van der Waals surface area contributed by atoms with Crippen LogP contribution in [0.1, 0.15) is 33.6 Å². The lowest BCUT2D eigenvalue weighted by atomic mass is 9.52. The second kappa shape index (κ2) is 7.26. The van der Waals surface area contributed by atoms with Crippen LogP contribution in [-0.2, 0) is 9.59 Å². The highest BCUT2D eigenvalue weighted by Gasteiger charge is 2.50. The van der Waals surface area contributed by atoms with Gasteiger partial charge in [0.2, 0.25) is 5.91 Å². The Morgan fingerprint density at radius 3 is 2.64 bits per heavy atom. The average Bonchev–Trinajstić information content (AvgIpc) is 2.50. The molecule has 0 radical (unpaired) electrons. The number of amides is 1. The molecule has 0 aromatic heterocycles. The van der Waals surface area contributed by atoms with Crippen LogP contribution in [0.5, 0.6) is 0 Å². The lowest BCUT2D eigenvalue weighted by molar-refractivity contribution is -0.384. The molecular weight excluding hydrogens is 342 g/mol. The first-order valence-corrected chi connectivity index (χ1v) is 8.38. The fraction of sp³-hybridized carbons (Fsp3) is 0.471. The number of carbonyl (C=O) groups is 2. The third kappa shape index (κ3) is 4.39. The number of nitrogens with one attached hydrogen (secondary N) is 2. The zero-order valence-electron chi connectivity index (χ0n) is 14.4. The number of ketones is 1. The van der Waals surface area contributed by atoms with Crippen molar-refractivity contribution in [2.24, 2.45) is 17.3 Å². The summed E-state index contributed by atoms with van der Waals surface area (Å²) in [6.45, 7) is 5.58. The maximum absolute atomic E-state index is 12.2. The highest BCUT2D eigenvalue weighted by atomic mass is 32.1. The van der Waals surface area contributed by atoms with Gasteiger partial charge in [-0.05, 0) is 43.0 Å². The van der Waals surface area contributed by atoms with Crippen molar-refractivity contribution in [3.63, 3.8) is 0 Å². The van der Waals surface area contributed by atoms with Crippen molar-refractivity contribution < 1.29 is 14.5 Å². The maximum Gasteiger partial charge on any atom is 0.271 e. The molecule has 0 unspecified atom stereocenters. The molecule has 0 spiro atoms. The summed E-state index contributed by atoms with van der Waals surface area (Å²) in [7, 11) is 0. The summed E-state index contributed by atoms with van der Waals surface area (Å²) < 4.78 is 0. The summed E-state index contributed by atoms with van der Waals surface area (Å²) in [6.07, 6.45) is 0.994. The van der Waals surface area contributed by atoms with Gasteiger partial charge in [0.1, 0.15) is 5.78 Å². The Bertz CT molecular complexity index is 732. The number of thiocarbonyl (C=S) groups is 1. The van der Waals surface area contributed by atoms with Crippen molar-refractivity contribution in [3.8, 4) is 0 Å². The molecule has 2 atom stereocenters.